The molecule has 2 aliphatic rings. The van der Waals surface area contributed by atoms with Gasteiger partial charge in [-0.25, -0.2) is 4.79 Å². The Hall–Kier alpha value is -2.97. The van der Waals surface area contributed by atoms with E-state index in [1.54, 1.807) is 0 Å². The number of pyridine rings is 1. The van der Waals surface area contributed by atoms with Crippen molar-refractivity contribution >= 4 is 11.9 Å². The van der Waals surface area contributed by atoms with Crippen molar-refractivity contribution in [3.05, 3.63) is 65.0 Å². The molecule has 0 aliphatic carbocycles. The van der Waals surface area contributed by atoms with E-state index in [0.29, 0.717) is 31.7 Å². The van der Waals surface area contributed by atoms with E-state index in [-0.39, 0.29) is 17.9 Å². The van der Waals surface area contributed by atoms with Crippen LogP contribution in [0.25, 0.3) is 0 Å². The van der Waals surface area contributed by atoms with Gasteiger partial charge in [0.05, 0.1) is 24.5 Å². The molecule has 1 aromatic heterocycles. The number of ether oxygens (including phenoxy) is 1. The Kier molecular flexibility index (Phi) is 8.49. The highest BCUT2D eigenvalue weighted by Gasteiger charge is 2.28. The average molecular weight is 466 g/mol. The summed E-state index contributed by atoms with van der Waals surface area (Å²) in [6, 6.07) is 13.7. The minimum Gasteiger partial charge on any atom is -0.379 e. The van der Waals surface area contributed by atoms with E-state index >= 15 is 0 Å². The van der Waals surface area contributed by atoms with E-state index in [2.05, 4.69) is 15.5 Å². The molecule has 8 heteroatoms. The zero-order valence-electron chi connectivity index (χ0n) is 20.0. The number of morpholine rings is 1. The highest BCUT2D eigenvalue weighted by atomic mass is 16.5. The molecular weight excluding hydrogens is 430 g/mol. The molecule has 0 saturated carbocycles. The molecule has 0 unspecified atom stereocenters. The number of carbonyl (C=O) groups is 2. The zero-order chi connectivity index (χ0) is 23.8. The minimum atomic E-state index is -0.0706. The quantitative estimate of drug-likeness (QED) is 0.656. The zero-order valence-corrected chi connectivity index (χ0v) is 20.0. The van der Waals surface area contributed by atoms with Crippen LogP contribution in [0.3, 0.4) is 0 Å². The number of hydrogen-bond donors (Lipinski definition) is 2. The van der Waals surface area contributed by atoms with Crippen molar-refractivity contribution in [2.24, 2.45) is 0 Å². The largest absolute Gasteiger partial charge is 0.379 e. The highest BCUT2D eigenvalue weighted by Crippen LogP contribution is 2.29. The van der Waals surface area contributed by atoms with Gasteiger partial charge in [-0.05, 0) is 37.5 Å². The molecule has 2 N–H and O–H groups in total. The number of carbonyl (C=O) groups excluding carboxylic acids is 2. The van der Waals surface area contributed by atoms with Gasteiger partial charge in [-0.2, -0.15) is 0 Å². The molecule has 8 nitrogen and oxygen atoms in total. The molecule has 0 spiro atoms. The first-order valence-corrected chi connectivity index (χ1v) is 12.2. The molecule has 2 saturated heterocycles. The monoisotopic (exact) mass is 465 g/mol. The summed E-state index contributed by atoms with van der Waals surface area (Å²) in [4.78, 5) is 34.5. The lowest BCUT2D eigenvalue weighted by Gasteiger charge is -2.32. The molecule has 0 radical (unpaired) electrons. The number of urea groups is 1. The number of likely N-dealkylation sites (tertiary alicyclic amines) is 1. The third-order valence-corrected chi connectivity index (χ3v) is 6.58. The lowest BCUT2D eigenvalue weighted by Crippen LogP contribution is -2.44. The number of amides is 3. The first-order chi connectivity index (χ1) is 16.6. The fraction of sp³-hybridized carbons (Fsp3) is 0.500. The second-order valence-electron chi connectivity index (χ2n) is 9.00. The van der Waals surface area contributed by atoms with Crippen LogP contribution in [0.2, 0.25) is 0 Å². The predicted octanol–water partition coefficient (Wildman–Crippen LogP) is 2.54. The van der Waals surface area contributed by atoms with E-state index in [1.807, 2.05) is 54.3 Å². The van der Waals surface area contributed by atoms with Crippen LogP contribution in [0.1, 0.15) is 46.1 Å². The lowest BCUT2D eigenvalue weighted by molar-refractivity contribution is 0.0383. The maximum atomic E-state index is 13.0. The fourth-order valence-electron chi connectivity index (χ4n) is 4.57. The Bertz CT molecular complexity index is 954. The summed E-state index contributed by atoms with van der Waals surface area (Å²) in [5, 5.41) is 6.08. The molecule has 3 amide bonds. The van der Waals surface area contributed by atoms with Gasteiger partial charge in [-0.15, -0.1) is 0 Å². The van der Waals surface area contributed by atoms with Gasteiger partial charge >= 0.3 is 6.03 Å². The van der Waals surface area contributed by atoms with E-state index in [1.165, 1.54) is 0 Å². The van der Waals surface area contributed by atoms with Crippen molar-refractivity contribution in [3.8, 4) is 0 Å². The normalized spacial score (nSPS) is 17.4. The number of aromatic nitrogens is 1. The molecular formula is C26H35N5O3. The molecule has 182 valence electrons. The molecule has 4 rings (SSSR count). The number of rotatable bonds is 7. The first kappa shape index (κ1) is 24.2. The molecule has 3 heterocycles. The summed E-state index contributed by atoms with van der Waals surface area (Å²) in [7, 11) is 0. The molecule has 2 fully saturated rings. The van der Waals surface area contributed by atoms with Crippen LogP contribution in [0.4, 0.5) is 4.79 Å². The van der Waals surface area contributed by atoms with Gasteiger partial charge in [0.15, 0.2) is 0 Å². The molecule has 0 bridgehead atoms. The van der Waals surface area contributed by atoms with Crippen molar-refractivity contribution in [2.45, 2.75) is 32.2 Å². The van der Waals surface area contributed by atoms with E-state index < -0.39 is 0 Å². The Morgan fingerprint density at radius 2 is 1.74 bits per heavy atom. The smallest absolute Gasteiger partial charge is 0.317 e. The maximum absolute atomic E-state index is 13.0. The van der Waals surface area contributed by atoms with Crippen LogP contribution >= 0.6 is 0 Å². The second-order valence-corrected chi connectivity index (χ2v) is 9.00. The summed E-state index contributed by atoms with van der Waals surface area (Å²) in [6.07, 6.45) is 1.59. The van der Waals surface area contributed by atoms with Gasteiger partial charge in [-0.3, -0.25) is 14.7 Å². The topological polar surface area (TPSA) is 86.8 Å². The van der Waals surface area contributed by atoms with Crippen LogP contribution in [0.5, 0.6) is 0 Å². The number of benzene rings is 1. The number of nitrogens with one attached hydrogen (secondary N) is 2. The van der Waals surface area contributed by atoms with E-state index in [0.717, 1.165) is 62.6 Å². The minimum absolute atomic E-state index is 0.0411. The highest BCUT2D eigenvalue weighted by molar-refractivity contribution is 5.95. The van der Waals surface area contributed by atoms with Crippen LogP contribution in [0.15, 0.2) is 42.5 Å². The van der Waals surface area contributed by atoms with E-state index in [4.69, 9.17) is 9.72 Å². The van der Waals surface area contributed by atoms with Gasteiger partial charge in [0.25, 0.3) is 5.91 Å². The van der Waals surface area contributed by atoms with Crippen LogP contribution in [-0.2, 0) is 11.3 Å². The van der Waals surface area contributed by atoms with Crippen LogP contribution in [-0.4, -0.2) is 79.2 Å². The van der Waals surface area contributed by atoms with E-state index in [9.17, 15) is 9.59 Å². The summed E-state index contributed by atoms with van der Waals surface area (Å²) in [5.74, 6) is 0.0943. The molecule has 1 aromatic carbocycles. The van der Waals surface area contributed by atoms with Crippen molar-refractivity contribution < 1.29 is 14.3 Å². The maximum Gasteiger partial charge on any atom is 0.317 e. The van der Waals surface area contributed by atoms with Crippen molar-refractivity contribution in [3.63, 3.8) is 0 Å². The van der Waals surface area contributed by atoms with Gasteiger partial charge in [0.1, 0.15) is 0 Å². The number of hydrogen-bond acceptors (Lipinski definition) is 5. The third-order valence-electron chi connectivity index (χ3n) is 6.58. The first-order valence-electron chi connectivity index (χ1n) is 12.2. The van der Waals surface area contributed by atoms with Gasteiger partial charge in [-0.1, -0.05) is 30.3 Å². The molecule has 34 heavy (non-hydrogen) atoms. The standard InChI is InChI=1S/C26H35N5O3/c1-20-7-8-23(25(32)27-11-14-30-15-17-34-18-16-30)24(29-20)22-9-12-31(13-10-22)26(33)28-19-21-5-3-2-4-6-21/h2-8,22H,9-19H2,1H3,(H,27,32)(H,28,33). The summed E-state index contributed by atoms with van der Waals surface area (Å²) >= 11 is 0. The molecule has 2 aliphatic heterocycles. The lowest BCUT2D eigenvalue weighted by atomic mass is 9.90. The second kappa shape index (κ2) is 11.9. The Balaban J connectivity index is 1.30. The Morgan fingerprint density at radius 1 is 1.00 bits per heavy atom. The molecule has 2 aromatic rings. The SMILES string of the molecule is Cc1ccc(C(=O)NCCN2CCOCC2)c(C2CCN(C(=O)NCc3ccccc3)CC2)n1. The van der Waals surface area contributed by atoms with Crippen LogP contribution in [0, 0.1) is 6.92 Å². The van der Waals surface area contributed by atoms with Crippen LogP contribution < -0.4 is 10.6 Å². The predicted molar refractivity (Wildman–Crippen MR) is 131 cm³/mol. The summed E-state index contributed by atoms with van der Waals surface area (Å²) < 4.78 is 5.38. The van der Waals surface area contributed by atoms with Gasteiger partial charge < -0.3 is 20.3 Å². The number of aryl methyl sites for hydroxylation is 1. The fourth-order valence-corrected chi connectivity index (χ4v) is 4.57. The summed E-state index contributed by atoms with van der Waals surface area (Å²) in [6.45, 7) is 8.52. The Morgan fingerprint density at radius 3 is 2.47 bits per heavy atom. The number of nitrogens with zero attached hydrogens (tertiary/aromatic N) is 3. The Labute approximate surface area is 201 Å². The summed E-state index contributed by atoms with van der Waals surface area (Å²) in [5.41, 5.74) is 3.50. The molecule has 0 atom stereocenters. The van der Waals surface area contributed by atoms with Crippen molar-refractivity contribution in [1.29, 1.82) is 0 Å². The third kappa shape index (κ3) is 6.55. The van der Waals surface area contributed by atoms with Gasteiger partial charge in [0.2, 0.25) is 0 Å². The average Bonchev–Trinajstić information content (AvgIpc) is 2.88. The number of piperidine rings is 1. The van der Waals surface area contributed by atoms with Gasteiger partial charge in [0, 0.05) is 57.4 Å². The van der Waals surface area contributed by atoms with Crippen molar-refractivity contribution in [2.75, 3.05) is 52.5 Å². The van der Waals surface area contributed by atoms with Crippen molar-refractivity contribution in [1.82, 2.24) is 25.4 Å².